The number of aryl methyl sites for hydroxylation is 1. The number of aliphatic hydroxyl groups is 1. The highest BCUT2D eigenvalue weighted by Crippen LogP contribution is 2.18. The Balaban J connectivity index is 2.84. The van der Waals surface area contributed by atoms with Crippen LogP contribution in [-0.4, -0.2) is 17.7 Å². The second kappa shape index (κ2) is 4.77. The van der Waals surface area contributed by atoms with Gasteiger partial charge in [0.1, 0.15) is 0 Å². The summed E-state index contributed by atoms with van der Waals surface area (Å²) in [7, 11) is 0. The molecule has 1 N–H and O–H groups in total. The summed E-state index contributed by atoms with van der Waals surface area (Å²) in [6.45, 7) is 3.84. The highest BCUT2D eigenvalue weighted by Gasteiger charge is 2.19. The summed E-state index contributed by atoms with van der Waals surface area (Å²) >= 11 is 0. The maximum absolute atomic E-state index is 11.2. The van der Waals surface area contributed by atoms with Crippen molar-refractivity contribution in [1.29, 1.82) is 0 Å². The van der Waals surface area contributed by atoms with Crippen LogP contribution in [0.15, 0.2) is 24.3 Å². The van der Waals surface area contributed by atoms with Crippen molar-refractivity contribution in [3.63, 3.8) is 0 Å². The van der Waals surface area contributed by atoms with E-state index in [4.69, 9.17) is 4.74 Å². The Labute approximate surface area is 83.3 Å². The minimum atomic E-state index is -1.17. The average molecular weight is 194 g/mol. The number of ether oxygens (including phenoxy) is 1. The van der Waals surface area contributed by atoms with Crippen molar-refractivity contribution in [2.75, 3.05) is 6.61 Å². The first-order chi connectivity index (χ1) is 6.66. The molecule has 0 saturated heterocycles. The van der Waals surface area contributed by atoms with Crippen LogP contribution in [0.3, 0.4) is 0 Å². The normalized spacial score (nSPS) is 12.2. The van der Waals surface area contributed by atoms with Crippen molar-refractivity contribution in [2.24, 2.45) is 0 Å². The molecule has 1 unspecified atom stereocenters. The van der Waals surface area contributed by atoms with Crippen LogP contribution in [0.2, 0.25) is 0 Å². The Morgan fingerprint density at radius 2 is 2.14 bits per heavy atom. The number of carbonyl (C=O) groups is 1. The van der Waals surface area contributed by atoms with Crippen LogP contribution in [0.4, 0.5) is 0 Å². The predicted molar refractivity (Wildman–Crippen MR) is 52.8 cm³/mol. The van der Waals surface area contributed by atoms with Crippen LogP contribution in [-0.2, 0) is 9.53 Å². The van der Waals surface area contributed by atoms with Crippen molar-refractivity contribution in [3.8, 4) is 0 Å². The van der Waals surface area contributed by atoms with Gasteiger partial charge < -0.3 is 9.84 Å². The van der Waals surface area contributed by atoms with Gasteiger partial charge in [-0.15, -0.1) is 0 Å². The van der Waals surface area contributed by atoms with Crippen LogP contribution in [0.1, 0.15) is 24.2 Å². The van der Waals surface area contributed by atoms with Gasteiger partial charge in [0.15, 0.2) is 6.10 Å². The molecule has 3 heteroatoms. The second-order valence-corrected chi connectivity index (χ2v) is 3.01. The van der Waals surface area contributed by atoms with Gasteiger partial charge in [0.2, 0.25) is 0 Å². The summed E-state index contributed by atoms with van der Waals surface area (Å²) in [4.78, 5) is 11.2. The zero-order chi connectivity index (χ0) is 10.6. The number of aliphatic hydroxyl groups excluding tert-OH is 1. The van der Waals surface area contributed by atoms with Gasteiger partial charge in [0, 0.05) is 0 Å². The first-order valence-corrected chi connectivity index (χ1v) is 4.57. The lowest BCUT2D eigenvalue weighted by atomic mass is 10.0. The average Bonchev–Trinajstić information content (AvgIpc) is 2.18. The van der Waals surface area contributed by atoms with E-state index in [9.17, 15) is 9.90 Å². The van der Waals surface area contributed by atoms with Crippen LogP contribution in [0, 0.1) is 6.92 Å². The molecule has 0 saturated carbocycles. The van der Waals surface area contributed by atoms with Crippen LogP contribution < -0.4 is 0 Å². The fraction of sp³-hybridized carbons (Fsp3) is 0.364. The van der Waals surface area contributed by atoms with Crippen molar-refractivity contribution >= 4 is 5.97 Å². The molecule has 0 heterocycles. The lowest BCUT2D eigenvalue weighted by Crippen LogP contribution is -2.16. The van der Waals surface area contributed by atoms with Crippen molar-refractivity contribution in [1.82, 2.24) is 0 Å². The number of hydrogen-bond acceptors (Lipinski definition) is 3. The van der Waals surface area contributed by atoms with E-state index in [1.165, 1.54) is 0 Å². The minimum absolute atomic E-state index is 0.280. The molecule has 1 atom stereocenters. The molecule has 76 valence electrons. The van der Waals surface area contributed by atoms with Gasteiger partial charge in [-0.05, 0) is 25.0 Å². The summed E-state index contributed by atoms with van der Waals surface area (Å²) < 4.78 is 4.72. The third-order valence-corrected chi connectivity index (χ3v) is 1.99. The van der Waals surface area contributed by atoms with Crippen LogP contribution in [0.5, 0.6) is 0 Å². The molecule has 0 aliphatic heterocycles. The monoisotopic (exact) mass is 194 g/mol. The smallest absolute Gasteiger partial charge is 0.339 e. The third-order valence-electron chi connectivity index (χ3n) is 1.99. The minimum Gasteiger partial charge on any atom is -0.464 e. The van der Waals surface area contributed by atoms with E-state index in [0.717, 1.165) is 5.56 Å². The van der Waals surface area contributed by atoms with Gasteiger partial charge in [-0.1, -0.05) is 24.3 Å². The summed E-state index contributed by atoms with van der Waals surface area (Å²) in [5, 5.41) is 9.63. The van der Waals surface area contributed by atoms with E-state index < -0.39 is 12.1 Å². The molecule has 1 rings (SSSR count). The molecule has 0 aliphatic rings. The van der Waals surface area contributed by atoms with Crippen LogP contribution in [0.25, 0.3) is 0 Å². The molecular formula is C11H14O3. The maximum Gasteiger partial charge on any atom is 0.339 e. The molecule has 1 aromatic rings. The Hall–Kier alpha value is -1.35. The third kappa shape index (κ3) is 2.33. The zero-order valence-corrected chi connectivity index (χ0v) is 8.36. The molecule has 0 radical (unpaired) electrons. The SMILES string of the molecule is CCOC(=O)C(O)c1ccccc1C. The molecule has 0 amide bonds. The van der Waals surface area contributed by atoms with E-state index in [1.807, 2.05) is 19.1 Å². The summed E-state index contributed by atoms with van der Waals surface area (Å²) in [6.07, 6.45) is -1.17. The van der Waals surface area contributed by atoms with Gasteiger partial charge in [-0.3, -0.25) is 0 Å². The molecule has 14 heavy (non-hydrogen) atoms. The lowest BCUT2D eigenvalue weighted by molar-refractivity contribution is -0.153. The van der Waals surface area contributed by atoms with E-state index in [-0.39, 0.29) is 6.61 Å². The summed E-state index contributed by atoms with van der Waals surface area (Å²) in [5.41, 5.74) is 1.49. The molecule has 0 fully saturated rings. The van der Waals surface area contributed by atoms with E-state index in [1.54, 1.807) is 19.1 Å². The van der Waals surface area contributed by atoms with Crippen molar-refractivity contribution in [2.45, 2.75) is 20.0 Å². The van der Waals surface area contributed by atoms with E-state index >= 15 is 0 Å². The number of benzene rings is 1. The molecule has 0 aromatic heterocycles. The molecular weight excluding hydrogens is 180 g/mol. The Bertz CT molecular complexity index is 320. The predicted octanol–water partition coefficient (Wildman–Crippen LogP) is 1.59. The zero-order valence-electron chi connectivity index (χ0n) is 8.36. The number of esters is 1. The number of rotatable bonds is 3. The van der Waals surface area contributed by atoms with Gasteiger partial charge >= 0.3 is 5.97 Å². The largest absolute Gasteiger partial charge is 0.464 e. The van der Waals surface area contributed by atoms with Crippen molar-refractivity contribution < 1.29 is 14.6 Å². The topological polar surface area (TPSA) is 46.5 Å². The maximum atomic E-state index is 11.2. The molecule has 3 nitrogen and oxygen atoms in total. The van der Waals surface area contributed by atoms with Gasteiger partial charge in [0.25, 0.3) is 0 Å². The summed E-state index contributed by atoms with van der Waals surface area (Å²) in [5.74, 6) is -0.596. The van der Waals surface area contributed by atoms with Gasteiger partial charge in [-0.25, -0.2) is 4.79 Å². The first-order valence-electron chi connectivity index (χ1n) is 4.57. The van der Waals surface area contributed by atoms with Crippen molar-refractivity contribution in [3.05, 3.63) is 35.4 Å². The van der Waals surface area contributed by atoms with E-state index in [0.29, 0.717) is 5.56 Å². The fourth-order valence-electron chi connectivity index (χ4n) is 1.24. The number of carbonyl (C=O) groups excluding carboxylic acids is 1. The van der Waals surface area contributed by atoms with Gasteiger partial charge in [0.05, 0.1) is 6.61 Å². The first kappa shape index (κ1) is 10.7. The Morgan fingerprint density at radius 3 is 2.71 bits per heavy atom. The molecule has 0 spiro atoms. The standard InChI is InChI=1S/C11H14O3/c1-3-14-11(13)10(12)9-7-5-4-6-8(9)2/h4-7,10,12H,3H2,1-2H3. The second-order valence-electron chi connectivity index (χ2n) is 3.01. The van der Waals surface area contributed by atoms with E-state index in [2.05, 4.69) is 0 Å². The highest BCUT2D eigenvalue weighted by molar-refractivity contribution is 5.76. The molecule has 1 aromatic carbocycles. The van der Waals surface area contributed by atoms with Gasteiger partial charge in [-0.2, -0.15) is 0 Å². The summed E-state index contributed by atoms with van der Waals surface area (Å²) in [6, 6.07) is 7.20. The molecule has 0 aliphatic carbocycles. The Morgan fingerprint density at radius 1 is 1.50 bits per heavy atom. The number of hydrogen-bond donors (Lipinski definition) is 1. The van der Waals surface area contributed by atoms with Crippen LogP contribution >= 0.6 is 0 Å². The Kier molecular flexibility index (Phi) is 3.65. The fourth-order valence-corrected chi connectivity index (χ4v) is 1.24. The highest BCUT2D eigenvalue weighted by atomic mass is 16.5. The lowest BCUT2D eigenvalue weighted by Gasteiger charge is -2.11. The quantitative estimate of drug-likeness (QED) is 0.743. The molecule has 0 bridgehead atoms.